The van der Waals surface area contributed by atoms with E-state index in [4.69, 9.17) is 9.26 Å². The van der Waals surface area contributed by atoms with Crippen LogP contribution in [0.15, 0.2) is 28.8 Å². The third kappa shape index (κ3) is 5.63. The van der Waals surface area contributed by atoms with E-state index in [0.29, 0.717) is 11.4 Å². The second kappa shape index (κ2) is 8.71. The lowest BCUT2D eigenvalue weighted by Gasteiger charge is -2.13. The Hall–Kier alpha value is -2.28. The molecule has 0 aliphatic rings. The first kappa shape index (κ1) is 19.1. The fourth-order valence-corrected chi connectivity index (χ4v) is 3.06. The number of ether oxygens (including phenoxy) is 1. The predicted octanol–water partition coefficient (Wildman–Crippen LogP) is 3.40. The second-order valence-corrected chi connectivity index (χ2v) is 6.77. The quantitative estimate of drug-likeness (QED) is 0.760. The van der Waals surface area contributed by atoms with E-state index in [-0.39, 0.29) is 11.7 Å². The van der Waals surface area contributed by atoms with Gasteiger partial charge in [-0.15, -0.1) is 11.8 Å². The summed E-state index contributed by atoms with van der Waals surface area (Å²) in [6, 6.07) is 7.41. The van der Waals surface area contributed by atoms with Gasteiger partial charge in [-0.1, -0.05) is 22.9 Å². The van der Waals surface area contributed by atoms with Crippen LogP contribution in [0.2, 0.25) is 0 Å². The monoisotopic (exact) mass is 362 g/mol. The van der Waals surface area contributed by atoms with Gasteiger partial charge < -0.3 is 14.6 Å². The largest absolute Gasteiger partial charge is 0.452 e. The van der Waals surface area contributed by atoms with Crippen LogP contribution >= 0.6 is 11.8 Å². The summed E-state index contributed by atoms with van der Waals surface area (Å²) in [6.45, 7) is 7.23. The van der Waals surface area contributed by atoms with Crippen LogP contribution in [0.4, 0.5) is 5.69 Å². The van der Waals surface area contributed by atoms with E-state index in [1.165, 1.54) is 11.8 Å². The van der Waals surface area contributed by atoms with Crippen LogP contribution in [0, 0.1) is 20.8 Å². The Balaban J connectivity index is 1.75. The molecule has 2 rings (SSSR count). The molecule has 0 saturated heterocycles. The van der Waals surface area contributed by atoms with E-state index in [2.05, 4.69) is 10.5 Å². The Labute approximate surface area is 151 Å². The molecule has 1 N–H and O–H groups in total. The van der Waals surface area contributed by atoms with Crippen LogP contribution in [0.1, 0.15) is 29.5 Å². The third-order valence-electron chi connectivity index (χ3n) is 3.64. The molecule has 1 amide bonds. The second-order valence-electron chi connectivity index (χ2n) is 5.78. The Kier molecular flexibility index (Phi) is 6.64. The zero-order valence-electron chi connectivity index (χ0n) is 14.8. The Morgan fingerprint density at radius 1 is 1.24 bits per heavy atom. The molecule has 25 heavy (non-hydrogen) atoms. The average molecular weight is 362 g/mol. The third-order valence-corrected chi connectivity index (χ3v) is 4.58. The molecular formula is C18H22N2O4S. The summed E-state index contributed by atoms with van der Waals surface area (Å²) in [5, 5.41) is 6.60. The molecule has 0 fully saturated rings. The first-order valence-corrected chi connectivity index (χ1v) is 9.08. The van der Waals surface area contributed by atoms with Crippen molar-refractivity contribution in [3.05, 3.63) is 46.8 Å². The first-order chi connectivity index (χ1) is 11.9. The molecule has 1 atom stereocenters. The van der Waals surface area contributed by atoms with E-state index in [1.807, 2.05) is 32.9 Å². The number of hydrogen-bond donors (Lipinski definition) is 1. The number of thioether (sulfide) groups is 1. The van der Waals surface area contributed by atoms with Crippen molar-refractivity contribution in [3.8, 4) is 0 Å². The maximum absolute atomic E-state index is 12.1. The molecule has 0 saturated carbocycles. The molecule has 0 aliphatic heterocycles. The smallest absolute Gasteiger partial charge is 0.316 e. The number of nitrogens with one attached hydrogen (secondary N) is 1. The van der Waals surface area contributed by atoms with Crippen LogP contribution in [-0.4, -0.2) is 28.9 Å². The lowest BCUT2D eigenvalue weighted by Crippen LogP contribution is -2.30. The molecular weight excluding hydrogens is 340 g/mol. The normalized spacial score (nSPS) is 11.8. The van der Waals surface area contributed by atoms with Crippen molar-refractivity contribution in [1.82, 2.24) is 5.16 Å². The molecule has 6 nitrogen and oxygen atoms in total. The van der Waals surface area contributed by atoms with Gasteiger partial charge in [-0.3, -0.25) is 9.59 Å². The van der Waals surface area contributed by atoms with Gasteiger partial charge in [0.1, 0.15) is 5.76 Å². The predicted molar refractivity (Wildman–Crippen MR) is 97.5 cm³/mol. The van der Waals surface area contributed by atoms with E-state index in [1.54, 1.807) is 19.1 Å². The lowest BCUT2D eigenvalue weighted by molar-refractivity contribution is -0.150. The van der Waals surface area contributed by atoms with Crippen LogP contribution in [0.25, 0.3) is 0 Å². The number of esters is 1. The summed E-state index contributed by atoms with van der Waals surface area (Å²) in [6.07, 6.45) is -0.853. The van der Waals surface area contributed by atoms with Crippen LogP contribution in [-0.2, 0) is 20.1 Å². The molecule has 1 heterocycles. The topological polar surface area (TPSA) is 81.4 Å². The highest BCUT2D eigenvalue weighted by atomic mass is 32.2. The standard InChI is InChI=1S/C18H22N2O4S/c1-11-5-7-15(8-6-11)19-18(22)14(4)23-17(21)10-25-9-16-12(2)20-24-13(16)3/h5-8,14H,9-10H2,1-4H3,(H,19,22)/t14-/m0/s1. The van der Waals surface area contributed by atoms with Gasteiger partial charge in [0, 0.05) is 17.0 Å². The number of nitrogens with zero attached hydrogens (tertiary/aromatic N) is 1. The zero-order chi connectivity index (χ0) is 18.4. The molecule has 1 aromatic heterocycles. The van der Waals surface area contributed by atoms with E-state index < -0.39 is 12.1 Å². The maximum Gasteiger partial charge on any atom is 0.316 e. The van der Waals surface area contributed by atoms with Gasteiger partial charge in [-0.25, -0.2) is 0 Å². The summed E-state index contributed by atoms with van der Waals surface area (Å²) in [7, 11) is 0. The number of anilines is 1. The summed E-state index contributed by atoms with van der Waals surface area (Å²) in [5.74, 6) is 0.743. The Bertz CT molecular complexity index is 721. The van der Waals surface area contributed by atoms with Gasteiger partial charge in [0.15, 0.2) is 6.10 Å². The van der Waals surface area contributed by atoms with Crippen molar-refractivity contribution in [2.45, 2.75) is 39.6 Å². The summed E-state index contributed by atoms with van der Waals surface area (Å²) >= 11 is 1.40. The number of rotatable bonds is 7. The van der Waals surface area contributed by atoms with Crippen LogP contribution < -0.4 is 5.32 Å². The number of amides is 1. The fourth-order valence-electron chi connectivity index (χ4n) is 2.11. The highest BCUT2D eigenvalue weighted by Gasteiger charge is 2.18. The first-order valence-electron chi connectivity index (χ1n) is 7.93. The van der Waals surface area contributed by atoms with Gasteiger partial charge in [0.05, 0.1) is 11.4 Å². The number of carbonyl (C=O) groups is 2. The van der Waals surface area contributed by atoms with Gasteiger partial charge in [0.25, 0.3) is 5.91 Å². The highest BCUT2D eigenvalue weighted by Crippen LogP contribution is 2.19. The summed E-state index contributed by atoms with van der Waals surface area (Å²) in [5.41, 5.74) is 3.59. The SMILES string of the molecule is Cc1ccc(NC(=O)[C@H](C)OC(=O)CSCc2c(C)noc2C)cc1. The van der Waals surface area contributed by atoms with Gasteiger partial charge in [-0.05, 0) is 39.8 Å². The van der Waals surface area contributed by atoms with Crippen molar-refractivity contribution in [1.29, 1.82) is 0 Å². The number of carbonyl (C=O) groups excluding carboxylic acids is 2. The minimum atomic E-state index is -0.853. The number of aryl methyl sites for hydroxylation is 3. The Morgan fingerprint density at radius 2 is 1.92 bits per heavy atom. The number of hydrogen-bond acceptors (Lipinski definition) is 6. The van der Waals surface area contributed by atoms with E-state index in [9.17, 15) is 9.59 Å². The zero-order valence-corrected chi connectivity index (χ0v) is 15.6. The lowest BCUT2D eigenvalue weighted by atomic mass is 10.2. The molecule has 0 bridgehead atoms. The van der Waals surface area contributed by atoms with Gasteiger partial charge >= 0.3 is 5.97 Å². The molecule has 0 unspecified atom stereocenters. The van der Waals surface area contributed by atoms with Crippen molar-refractivity contribution in [2.24, 2.45) is 0 Å². The van der Waals surface area contributed by atoms with Crippen LogP contribution in [0.3, 0.4) is 0 Å². The Morgan fingerprint density at radius 3 is 2.52 bits per heavy atom. The summed E-state index contributed by atoms with van der Waals surface area (Å²) in [4.78, 5) is 24.0. The number of aromatic nitrogens is 1. The fraction of sp³-hybridized carbons (Fsp3) is 0.389. The van der Waals surface area contributed by atoms with Gasteiger partial charge in [0.2, 0.25) is 0 Å². The average Bonchev–Trinajstić information content (AvgIpc) is 2.88. The van der Waals surface area contributed by atoms with E-state index >= 15 is 0 Å². The highest BCUT2D eigenvalue weighted by molar-refractivity contribution is 7.99. The van der Waals surface area contributed by atoms with Crippen molar-refractivity contribution in [2.75, 3.05) is 11.1 Å². The molecule has 2 aromatic rings. The summed E-state index contributed by atoms with van der Waals surface area (Å²) < 4.78 is 10.3. The maximum atomic E-state index is 12.1. The van der Waals surface area contributed by atoms with Crippen LogP contribution in [0.5, 0.6) is 0 Å². The minimum absolute atomic E-state index is 0.159. The van der Waals surface area contributed by atoms with Crippen molar-refractivity contribution >= 4 is 29.3 Å². The molecule has 1 aromatic carbocycles. The van der Waals surface area contributed by atoms with E-state index in [0.717, 1.165) is 22.6 Å². The molecule has 0 spiro atoms. The molecule has 7 heteroatoms. The number of benzene rings is 1. The minimum Gasteiger partial charge on any atom is -0.452 e. The molecule has 0 aliphatic carbocycles. The molecule has 134 valence electrons. The van der Waals surface area contributed by atoms with Gasteiger partial charge in [-0.2, -0.15) is 0 Å². The van der Waals surface area contributed by atoms with Crippen molar-refractivity contribution in [3.63, 3.8) is 0 Å². The van der Waals surface area contributed by atoms with Crippen molar-refractivity contribution < 1.29 is 18.8 Å². The molecule has 0 radical (unpaired) electrons.